The Bertz CT molecular complexity index is 701. The van der Waals surface area contributed by atoms with Gasteiger partial charge in [-0.3, -0.25) is 4.79 Å². The molecule has 1 aliphatic rings. The SMILES string of the molecule is C[C@@H](C[C@H]1C[C@H](C(=O)O)[C@H](C[C@H](C)c2ccccc2)N1)c1ccccc1. The Labute approximate surface area is 156 Å². The molecular weight excluding hydrogens is 322 g/mol. The molecule has 3 nitrogen and oxygen atoms in total. The first-order valence-electron chi connectivity index (χ1n) is 9.63. The first kappa shape index (κ1) is 18.7. The van der Waals surface area contributed by atoms with Crippen molar-refractivity contribution in [3.8, 4) is 0 Å². The van der Waals surface area contributed by atoms with E-state index in [4.69, 9.17) is 0 Å². The van der Waals surface area contributed by atoms with Gasteiger partial charge in [-0.15, -0.1) is 0 Å². The van der Waals surface area contributed by atoms with Crippen LogP contribution in [0.25, 0.3) is 0 Å². The highest BCUT2D eigenvalue weighted by Crippen LogP contribution is 2.33. The third kappa shape index (κ3) is 4.53. The van der Waals surface area contributed by atoms with Crippen molar-refractivity contribution in [2.75, 3.05) is 0 Å². The topological polar surface area (TPSA) is 49.3 Å². The van der Waals surface area contributed by atoms with Crippen LogP contribution in [0.15, 0.2) is 60.7 Å². The Morgan fingerprint density at radius 1 is 0.962 bits per heavy atom. The van der Waals surface area contributed by atoms with Crippen molar-refractivity contribution >= 4 is 5.97 Å². The zero-order valence-electron chi connectivity index (χ0n) is 15.6. The van der Waals surface area contributed by atoms with Crippen molar-refractivity contribution in [1.82, 2.24) is 5.32 Å². The second-order valence-corrected chi connectivity index (χ2v) is 7.75. The molecule has 1 aliphatic heterocycles. The maximum atomic E-state index is 11.8. The van der Waals surface area contributed by atoms with E-state index in [0.717, 1.165) is 19.3 Å². The molecule has 138 valence electrons. The van der Waals surface area contributed by atoms with Crippen LogP contribution in [0.3, 0.4) is 0 Å². The monoisotopic (exact) mass is 351 g/mol. The fourth-order valence-corrected chi connectivity index (χ4v) is 4.27. The van der Waals surface area contributed by atoms with Crippen molar-refractivity contribution < 1.29 is 9.90 Å². The minimum atomic E-state index is -0.669. The van der Waals surface area contributed by atoms with Crippen LogP contribution in [0.4, 0.5) is 0 Å². The lowest BCUT2D eigenvalue weighted by molar-refractivity contribution is -0.142. The highest BCUT2D eigenvalue weighted by atomic mass is 16.4. The van der Waals surface area contributed by atoms with Crippen molar-refractivity contribution in [2.45, 2.75) is 57.0 Å². The molecule has 2 N–H and O–H groups in total. The maximum Gasteiger partial charge on any atom is 0.308 e. The van der Waals surface area contributed by atoms with E-state index in [1.807, 2.05) is 24.3 Å². The maximum absolute atomic E-state index is 11.8. The summed E-state index contributed by atoms with van der Waals surface area (Å²) in [6.07, 6.45) is 2.56. The molecular formula is C23H29NO2. The van der Waals surface area contributed by atoms with Gasteiger partial charge in [0, 0.05) is 12.1 Å². The Morgan fingerprint density at radius 2 is 1.46 bits per heavy atom. The molecule has 5 atom stereocenters. The average molecular weight is 351 g/mol. The fraction of sp³-hybridized carbons (Fsp3) is 0.435. The van der Waals surface area contributed by atoms with Crippen molar-refractivity contribution in [3.63, 3.8) is 0 Å². The molecule has 0 unspecified atom stereocenters. The van der Waals surface area contributed by atoms with Gasteiger partial charge in [0.2, 0.25) is 0 Å². The molecule has 2 aromatic rings. The van der Waals surface area contributed by atoms with E-state index in [0.29, 0.717) is 11.8 Å². The lowest BCUT2D eigenvalue weighted by atomic mass is 9.87. The molecule has 0 radical (unpaired) electrons. The van der Waals surface area contributed by atoms with Crippen LogP contribution in [0, 0.1) is 5.92 Å². The summed E-state index contributed by atoms with van der Waals surface area (Å²) in [5.41, 5.74) is 2.60. The molecule has 1 fully saturated rings. The van der Waals surface area contributed by atoms with Crippen LogP contribution in [0.1, 0.15) is 56.1 Å². The minimum Gasteiger partial charge on any atom is -0.481 e. The lowest BCUT2D eigenvalue weighted by Gasteiger charge is -2.22. The lowest BCUT2D eigenvalue weighted by Crippen LogP contribution is -2.35. The van der Waals surface area contributed by atoms with Crippen LogP contribution in [-0.2, 0) is 4.79 Å². The molecule has 0 amide bonds. The normalized spacial score (nSPS) is 24.9. The standard InChI is InChI=1S/C23H29NO2/c1-16(18-9-5-3-6-10-18)13-20-15-21(23(25)26)22(24-20)14-17(2)19-11-7-4-8-12-19/h3-12,16-17,20-22,24H,13-15H2,1-2H3,(H,25,26)/t16-,17-,20-,21-,22-/m0/s1. The number of carboxylic acid groups (broad SMARTS) is 1. The Morgan fingerprint density at radius 3 is 1.96 bits per heavy atom. The number of aliphatic carboxylic acids is 1. The van der Waals surface area contributed by atoms with Gasteiger partial charge in [-0.1, -0.05) is 74.5 Å². The average Bonchev–Trinajstić information content (AvgIpc) is 3.05. The molecule has 0 saturated carbocycles. The van der Waals surface area contributed by atoms with E-state index in [9.17, 15) is 9.90 Å². The largest absolute Gasteiger partial charge is 0.481 e. The molecule has 3 heteroatoms. The van der Waals surface area contributed by atoms with Gasteiger partial charge in [-0.2, -0.15) is 0 Å². The number of carbonyl (C=O) groups is 1. The zero-order chi connectivity index (χ0) is 18.5. The number of nitrogens with one attached hydrogen (secondary N) is 1. The van der Waals surface area contributed by atoms with Gasteiger partial charge in [0.25, 0.3) is 0 Å². The number of carboxylic acids is 1. The Hall–Kier alpha value is -2.13. The summed E-state index contributed by atoms with van der Waals surface area (Å²) >= 11 is 0. The second kappa shape index (κ2) is 8.50. The molecule has 2 aromatic carbocycles. The number of hydrogen-bond acceptors (Lipinski definition) is 2. The molecule has 0 spiro atoms. The minimum absolute atomic E-state index is 0.0377. The first-order valence-corrected chi connectivity index (χ1v) is 9.63. The summed E-state index contributed by atoms with van der Waals surface area (Å²) in [6.45, 7) is 4.42. The molecule has 0 aliphatic carbocycles. The van der Waals surface area contributed by atoms with E-state index in [1.54, 1.807) is 0 Å². The first-order chi connectivity index (χ1) is 12.5. The summed E-state index contributed by atoms with van der Waals surface area (Å²) < 4.78 is 0. The predicted octanol–water partition coefficient (Wildman–Crippen LogP) is 4.81. The van der Waals surface area contributed by atoms with E-state index in [2.05, 4.69) is 55.6 Å². The van der Waals surface area contributed by atoms with Crippen LogP contribution in [0.5, 0.6) is 0 Å². The van der Waals surface area contributed by atoms with E-state index in [1.165, 1.54) is 11.1 Å². The van der Waals surface area contributed by atoms with Gasteiger partial charge in [0.15, 0.2) is 0 Å². The third-order valence-corrected chi connectivity index (χ3v) is 5.77. The van der Waals surface area contributed by atoms with Crippen molar-refractivity contribution in [2.24, 2.45) is 5.92 Å². The molecule has 1 saturated heterocycles. The van der Waals surface area contributed by atoms with Crippen LogP contribution < -0.4 is 5.32 Å². The predicted molar refractivity (Wildman–Crippen MR) is 105 cm³/mol. The van der Waals surface area contributed by atoms with Crippen LogP contribution >= 0.6 is 0 Å². The van der Waals surface area contributed by atoms with Gasteiger partial charge in [0.1, 0.15) is 0 Å². The van der Waals surface area contributed by atoms with E-state index >= 15 is 0 Å². The van der Waals surface area contributed by atoms with Gasteiger partial charge in [-0.05, 0) is 42.2 Å². The number of hydrogen-bond donors (Lipinski definition) is 2. The highest BCUT2D eigenvalue weighted by Gasteiger charge is 2.39. The molecule has 0 bridgehead atoms. The van der Waals surface area contributed by atoms with Crippen LogP contribution in [-0.4, -0.2) is 23.2 Å². The number of rotatable bonds is 7. The highest BCUT2D eigenvalue weighted by molar-refractivity contribution is 5.71. The summed E-state index contributed by atoms with van der Waals surface area (Å²) in [6, 6.07) is 21.2. The van der Waals surface area contributed by atoms with Gasteiger partial charge < -0.3 is 10.4 Å². The fourth-order valence-electron chi connectivity index (χ4n) is 4.27. The Balaban J connectivity index is 1.64. The summed E-state index contributed by atoms with van der Waals surface area (Å²) in [7, 11) is 0. The van der Waals surface area contributed by atoms with Gasteiger partial charge in [0.05, 0.1) is 5.92 Å². The van der Waals surface area contributed by atoms with Crippen molar-refractivity contribution in [3.05, 3.63) is 71.8 Å². The summed E-state index contributed by atoms with van der Waals surface area (Å²) in [5.74, 6) is -0.193. The molecule has 26 heavy (non-hydrogen) atoms. The third-order valence-electron chi connectivity index (χ3n) is 5.77. The van der Waals surface area contributed by atoms with Gasteiger partial charge >= 0.3 is 5.97 Å². The second-order valence-electron chi connectivity index (χ2n) is 7.75. The number of benzene rings is 2. The molecule has 3 rings (SSSR count). The quantitative estimate of drug-likeness (QED) is 0.753. The summed E-state index contributed by atoms with van der Waals surface area (Å²) in [4.78, 5) is 11.8. The zero-order valence-corrected chi connectivity index (χ0v) is 15.6. The Kier molecular flexibility index (Phi) is 6.10. The molecule has 0 aromatic heterocycles. The van der Waals surface area contributed by atoms with E-state index < -0.39 is 5.97 Å². The molecule has 1 heterocycles. The van der Waals surface area contributed by atoms with E-state index in [-0.39, 0.29) is 18.0 Å². The van der Waals surface area contributed by atoms with Crippen LogP contribution in [0.2, 0.25) is 0 Å². The smallest absolute Gasteiger partial charge is 0.308 e. The van der Waals surface area contributed by atoms with Gasteiger partial charge in [-0.25, -0.2) is 0 Å². The van der Waals surface area contributed by atoms with Crippen molar-refractivity contribution in [1.29, 1.82) is 0 Å². The summed E-state index contributed by atoms with van der Waals surface area (Å²) in [5, 5.41) is 13.3.